The molecule has 3 N–H and O–H groups in total. The van der Waals surface area contributed by atoms with Gasteiger partial charge in [0.15, 0.2) is 11.1 Å². The van der Waals surface area contributed by atoms with Crippen molar-refractivity contribution in [3.63, 3.8) is 0 Å². The Morgan fingerprint density at radius 1 is 1.18 bits per heavy atom. The van der Waals surface area contributed by atoms with E-state index in [-0.39, 0.29) is 17.5 Å². The van der Waals surface area contributed by atoms with Gasteiger partial charge >= 0.3 is 5.69 Å². The molecule has 3 fully saturated rings. The number of aromatic nitrogens is 5. The Balaban J connectivity index is 1.34. The van der Waals surface area contributed by atoms with Crippen molar-refractivity contribution in [1.82, 2.24) is 29.5 Å². The van der Waals surface area contributed by atoms with Gasteiger partial charge in [-0.1, -0.05) is 0 Å². The molecule has 6 rings (SSSR count). The number of hydrogen-bond acceptors (Lipinski definition) is 7. The van der Waals surface area contributed by atoms with Crippen molar-refractivity contribution in [1.29, 1.82) is 0 Å². The number of nitrogens with one attached hydrogen (secondary N) is 2. The summed E-state index contributed by atoms with van der Waals surface area (Å²) in [6.45, 7) is 2.79. The Labute approximate surface area is 188 Å². The van der Waals surface area contributed by atoms with Crippen molar-refractivity contribution in [3.05, 3.63) is 39.1 Å². The van der Waals surface area contributed by atoms with Crippen LogP contribution in [0.5, 0.6) is 5.88 Å². The van der Waals surface area contributed by atoms with Crippen LogP contribution in [0.4, 0.5) is 5.82 Å². The molecule has 11 nitrogen and oxygen atoms in total. The summed E-state index contributed by atoms with van der Waals surface area (Å²) in [5, 5.41) is 15.1. The van der Waals surface area contributed by atoms with E-state index in [0.717, 1.165) is 24.1 Å². The average Bonchev–Trinajstić information content (AvgIpc) is 3.73. The zero-order valence-corrected chi connectivity index (χ0v) is 18.2. The predicted octanol–water partition coefficient (Wildman–Crippen LogP) is -0.489. The second kappa shape index (κ2) is 7.75. The predicted molar refractivity (Wildman–Crippen MR) is 120 cm³/mol. The highest BCUT2D eigenvalue weighted by Gasteiger charge is 2.29. The van der Waals surface area contributed by atoms with Crippen molar-refractivity contribution in [3.8, 4) is 5.88 Å². The minimum atomic E-state index is -0.484. The first kappa shape index (κ1) is 20.0. The van der Waals surface area contributed by atoms with Crippen molar-refractivity contribution >= 4 is 23.4 Å². The van der Waals surface area contributed by atoms with Gasteiger partial charge in [-0.25, -0.2) is 9.78 Å². The number of fused-ring (bicyclic) bond motifs is 1. The molecule has 33 heavy (non-hydrogen) atoms. The van der Waals surface area contributed by atoms with Gasteiger partial charge in [0.05, 0.1) is 12.2 Å². The minimum Gasteiger partial charge on any atom is -0.493 e. The smallest absolute Gasteiger partial charge is 0.326 e. The molecule has 0 atom stereocenters. The summed E-state index contributed by atoms with van der Waals surface area (Å²) in [6.07, 6.45) is 8.47. The molecule has 3 aliphatic rings. The van der Waals surface area contributed by atoms with E-state index in [1.807, 2.05) is 11.0 Å². The highest BCUT2D eigenvalue weighted by Crippen LogP contribution is 2.33. The van der Waals surface area contributed by atoms with Crippen LogP contribution in [0.2, 0.25) is 0 Å². The molecule has 3 aromatic rings. The molecule has 0 bridgehead atoms. The Morgan fingerprint density at radius 2 is 1.97 bits per heavy atom. The molecular formula is C22H26N8O3. The molecule has 172 valence electrons. The van der Waals surface area contributed by atoms with Crippen LogP contribution in [0.3, 0.4) is 0 Å². The lowest BCUT2D eigenvalue weighted by Gasteiger charge is -2.35. The third-order valence-corrected chi connectivity index (χ3v) is 6.48. The third kappa shape index (κ3) is 4.10. The van der Waals surface area contributed by atoms with E-state index in [0.29, 0.717) is 55.4 Å². The number of imidazole rings is 1. The number of piperazine rings is 1. The molecule has 2 saturated carbocycles. The first-order chi connectivity index (χ1) is 16.0. The number of aromatic amines is 2. The SMILES string of the molecule is O=C(CC1CC1)N1CCN(c2cc(=NC3CC3)n3ncc(=Cc4[nH]c(=O)[nH]c4O)c3n2)CC1. The number of H-pyrrole nitrogens is 2. The molecule has 1 amide bonds. The van der Waals surface area contributed by atoms with Crippen LogP contribution < -0.4 is 21.3 Å². The summed E-state index contributed by atoms with van der Waals surface area (Å²) >= 11 is 0. The van der Waals surface area contributed by atoms with Crippen molar-refractivity contribution < 1.29 is 9.90 Å². The van der Waals surface area contributed by atoms with Gasteiger partial charge in [0, 0.05) is 43.9 Å². The minimum absolute atomic E-state index is 0.231. The summed E-state index contributed by atoms with van der Waals surface area (Å²) < 4.78 is 1.70. The van der Waals surface area contributed by atoms with E-state index in [9.17, 15) is 14.7 Å². The summed E-state index contributed by atoms with van der Waals surface area (Å²) in [4.78, 5) is 42.7. The van der Waals surface area contributed by atoms with Crippen LogP contribution in [-0.4, -0.2) is 72.7 Å². The Morgan fingerprint density at radius 3 is 2.64 bits per heavy atom. The van der Waals surface area contributed by atoms with Gasteiger partial charge in [-0.3, -0.25) is 14.8 Å². The third-order valence-electron chi connectivity index (χ3n) is 6.48. The van der Waals surface area contributed by atoms with Gasteiger partial charge in [-0.05, 0) is 37.7 Å². The molecule has 0 radical (unpaired) electrons. The van der Waals surface area contributed by atoms with Gasteiger partial charge in [0.2, 0.25) is 11.8 Å². The number of carbonyl (C=O) groups is 1. The highest BCUT2D eigenvalue weighted by atomic mass is 16.3. The number of aromatic hydroxyl groups is 1. The molecular weight excluding hydrogens is 424 g/mol. The summed E-state index contributed by atoms with van der Waals surface area (Å²) in [5.74, 6) is 1.42. The lowest BCUT2D eigenvalue weighted by molar-refractivity contribution is -0.131. The van der Waals surface area contributed by atoms with E-state index in [1.165, 1.54) is 12.8 Å². The Bertz CT molecular complexity index is 1390. The van der Waals surface area contributed by atoms with E-state index >= 15 is 0 Å². The standard InChI is InChI=1S/C22H26N8O3/c31-19(9-13-1-2-13)29-7-5-28(6-8-29)17-11-18(24-15-3-4-15)30-20(26-17)14(12-23-30)10-16-21(32)27-22(33)25-16/h10-13,15,32H,1-9H2,(H2,25,27,33). The van der Waals surface area contributed by atoms with Crippen molar-refractivity contribution in [2.45, 2.75) is 38.1 Å². The van der Waals surface area contributed by atoms with E-state index in [4.69, 9.17) is 9.98 Å². The monoisotopic (exact) mass is 450 g/mol. The zero-order chi connectivity index (χ0) is 22.5. The fourth-order valence-corrected chi connectivity index (χ4v) is 4.23. The van der Waals surface area contributed by atoms with Crippen LogP contribution in [0, 0.1) is 5.92 Å². The van der Waals surface area contributed by atoms with Gasteiger partial charge in [-0.15, -0.1) is 0 Å². The molecule has 0 spiro atoms. The van der Waals surface area contributed by atoms with Gasteiger partial charge < -0.3 is 19.9 Å². The molecule has 11 heteroatoms. The fraction of sp³-hybridized carbons (Fsp3) is 0.500. The molecule has 1 aliphatic heterocycles. The first-order valence-corrected chi connectivity index (χ1v) is 11.5. The first-order valence-electron chi connectivity index (χ1n) is 11.5. The number of nitrogens with zero attached hydrogens (tertiary/aromatic N) is 6. The molecule has 2 aliphatic carbocycles. The van der Waals surface area contributed by atoms with Gasteiger partial charge in [0.1, 0.15) is 11.5 Å². The molecule has 1 saturated heterocycles. The average molecular weight is 451 g/mol. The summed E-state index contributed by atoms with van der Waals surface area (Å²) in [7, 11) is 0. The second-order valence-corrected chi connectivity index (χ2v) is 9.17. The van der Waals surface area contributed by atoms with Crippen LogP contribution in [-0.2, 0) is 4.79 Å². The van der Waals surface area contributed by atoms with E-state index in [2.05, 4.69) is 20.0 Å². The topological polar surface area (TPSA) is 135 Å². The normalized spacial score (nSPS) is 20.2. The lowest BCUT2D eigenvalue weighted by atomic mass is 10.2. The zero-order valence-electron chi connectivity index (χ0n) is 18.2. The Kier molecular flexibility index (Phi) is 4.70. The van der Waals surface area contributed by atoms with Crippen LogP contribution in [0.25, 0.3) is 11.7 Å². The Hall–Kier alpha value is -3.63. The number of amides is 1. The van der Waals surface area contributed by atoms with Crippen LogP contribution in [0.15, 0.2) is 22.1 Å². The molecule has 0 aromatic carbocycles. The molecule has 0 unspecified atom stereocenters. The maximum atomic E-state index is 12.5. The summed E-state index contributed by atoms with van der Waals surface area (Å²) in [6, 6.07) is 2.27. The van der Waals surface area contributed by atoms with Crippen LogP contribution in [0.1, 0.15) is 37.8 Å². The van der Waals surface area contributed by atoms with E-state index < -0.39 is 5.69 Å². The van der Waals surface area contributed by atoms with Gasteiger partial charge in [-0.2, -0.15) is 9.61 Å². The molecule has 4 heterocycles. The lowest BCUT2D eigenvalue weighted by Crippen LogP contribution is -2.49. The summed E-state index contributed by atoms with van der Waals surface area (Å²) in [5.41, 5.74) is 1.12. The number of carbonyl (C=O) groups excluding carboxylic acids is 1. The maximum absolute atomic E-state index is 12.5. The van der Waals surface area contributed by atoms with Crippen molar-refractivity contribution in [2.75, 3.05) is 31.1 Å². The van der Waals surface area contributed by atoms with E-state index in [1.54, 1.807) is 16.8 Å². The fourth-order valence-electron chi connectivity index (χ4n) is 4.23. The quantitative estimate of drug-likeness (QED) is 0.480. The maximum Gasteiger partial charge on any atom is 0.326 e. The van der Waals surface area contributed by atoms with Crippen molar-refractivity contribution in [2.24, 2.45) is 10.9 Å². The highest BCUT2D eigenvalue weighted by molar-refractivity contribution is 5.77. The molecule has 3 aromatic heterocycles. The number of anilines is 1. The van der Waals surface area contributed by atoms with Crippen LogP contribution >= 0.6 is 0 Å². The van der Waals surface area contributed by atoms with Gasteiger partial charge in [0.25, 0.3) is 0 Å². The number of rotatable bonds is 5. The second-order valence-electron chi connectivity index (χ2n) is 9.17. The largest absolute Gasteiger partial charge is 0.493 e. The number of hydrogen-bond donors (Lipinski definition) is 3.